The van der Waals surface area contributed by atoms with Crippen LogP contribution in [0.15, 0.2) is 0 Å². The lowest BCUT2D eigenvalue weighted by Gasteiger charge is -2.13. The molecule has 1 amide bonds. The quantitative estimate of drug-likeness (QED) is 0.504. The largest absolute Gasteiger partial charge is 0.368 e. The lowest BCUT2D eigenvalue weighted by molar-refractivity contribution is -0.119. The highest BCUT2D eigenvalue weighted by atomic mass is 79.9. The molecule has 2 N–H and O–H groups in total. The first-order valence-electron chi connectivity index (χ1n) is 2.43. The van der Waals surface area contributed by atoms with Crippen molar-refractivity contribution < 1.29 is 4.79 Å². The second-order valence-electron chi connectivity index (χ2n) is 1.94. The number of carbonyl (C=O) groups excluding carboxylic acids is 1. The minimum atomic E-state index is -0.734. The van der Waals surface area contributed by atoms with Crippen molar-refractivity contribution in [2.75, 3.05) is 0 Å². The van der Waals surface area contributed by atoms with Crippen LogP contribution >= 0.6 is 15.9 Å². The Morgan fingerprint density at radius 3 is 2.56 bits per heavy atom. The van der Waals surface area contributed by atoms with E-state index in [-0.39, 0.29) is 0 Å². The molecule has 0 heterocycles. The molecule has 0 saturated heterocycles. The van der Waals surface area contributed by atoms with Crippen molar-refractivity contribution >= 4 is 21.8 Å². The molecule has 2 nitrogen and oxygen atoms in total. The Balaban J connectivity index is 4.06. The summed E-state index contributed by atoms with van der Waals surface area (Å²) < 4.78 is -0.734. The zero-order chi connectivity index (χ0) is 7.49. The fourth-order valence-corrected chi connectivity index (χ4v) is 0.441. The van der Waals surface area contributed by atoms with Crippen LogP contribution in [0.25, 0.3) is 0 Å². The van der Waals surface area contributed by atoms with E-state index in [1.807, 2.05) is 0 Å². The SMILES string of the molecule is C#CCC(C)(Br)C(N)=O. The standard InChI is InChI=1S/C6H8BrNO/c1-3-4-6(2,7)5(8)9/h1H,4H2,2H3,(H2,8,9). The molecule has 0 aromatic heterocycles. The number of carbonyl (C=O) groups is 1. The molecule has 0 saturated carbocycles. The van der Waals surface area contributed by atoms with Crippen LogP contribution in [-0.2, 0) is 4.79 Å². The predicted octanol–water partition coefficient (Wildman–Crippen LogP) is 0.649. The molecule has 0 spiro atoms. The Kier molecular flexibility index (Phi) is 2.72. The van der Waals surface area contributed by atoms with E-state index in [4.69, 9.17) is 12.2 Å². The maximum Gasteiger partial charge on any atom is 0.235 e. The van der Waals surface area contributed by atoms with Crippen molar-refractivity contribution in [2.45, 2.75) is 17.7 Å². The molecule has 0 rings (SSSR count). The maximum atomic E-state index is 10.5. The number of nitrogens with two attached hydrogens (primary N) is 1. The molecule has 0 radical (unpaired) electrons. The van der Waals surface area contributed by atoms with E-state index in [9.17, 15) is 4.79 Å². The average molecular weight is 190 g/mol. The molecule has 3 heteroatoms. The minimum Gasteiger partial charge on any atom is -0.368 e. The second kappa shape index (κ2) is 2.88. The number of hydrogen-bond donors (Lipinski definition) is 1. The van der Waals surface area contributed by atoms with Gasteiger partial charge in [0.2, 0.25) is 5.91 Å². The molecule has 1 unspecified atom stereocenters. The summed E-state index contributed by atoms with van der Waals surface area (Å²) in [6.45, 7) is 1.65. The zero-order valence-electron chi connectivity index (χ0n) is 5.15. The number of hydrogen-bond acceptors (Lipinski definition) is 1. The number of alkyl halides is 1. The summed E-state index contributed by atoms with van der Waals surface area (Å²) in [6.07, 6.45) is 5.29. The number of primary amides is 1. The molecule has 9 heavy (non-hydrogen) atoms. The van der Waals surface area contributed by atoms with Crippen LogP contribution in [0.3, 0.4) is 0 Å². The van der Waals surface area contributed by atoms with Crippen molar-refractivity contribution in [3.8, 4) is 12.3 Å². The number of amides is 1. The summed E-state index contributed by atoms with van der Waals surface area (Å²) in [5, 5.41) is 0. The third kappa shape index (κ3) is 2.52. The fourth-order valence-electron chi connectivity index (χ4n) is 0.279. The van der Waals surface area contributed by atoms with Gasteiger partial charge < -0.3 is 5.73 Å². The van der Waals surface area contributed by atoms with Crippen molar-refractivity contribution in [2.24, 2.45) is 5.73 Å². The van der Waals surface area contributed by atoms with Gasteiger partial charge in [-0.25, -0.2) is 0 Å². The van der Waals surface area contributed by atoms with Crippen molar-refractivity contribution in [3.63, 3.8) is 0 Å². The Morgan fingerprint density at radius 2 is 2.44 bits per heavy atom. The van der Waals surface area contributed by atoms with E-state index in [0.717, 1.165) is 0 Å². The minimum absolute atomic E-state index is 0.322. The molecule has 0 aromatic rings. The van der Waals surface area contributed by atoms with Crippen molar-refractivity contribution in [1.29, 1.82) is 0 Å². The van der Waals surface area contributed by atoms with E-state index in [1.54, 1.807) is 6.92 Å². The summed E-state index contributed by atoms with van der Waals surface area (Å²) in [4.78, 5) is 10.5. The monoisotopic (exact) mass is 189 g/mol. The molecule has 0 aliphatic heterocycles. The number of rotatable bonds is 2. The van der Waals surface area contributed by atoms with Gasteiger partial charge in [0.25, 0.3) is 0 Å². The number of halogens is 1. The zero-order valence-corrected chi connectivity index (χ0v) is 6.73. The highest BCUT2D eigenvalue weighted by Crippen LogP contribution is 2.19. The fraction of sp³-hybridized carbons (Fsp3) is 0.500. The average Bonchev–Trinajstić information content (AvgIpc) is 1.65. The first kappa shape index (κ1) is 8.51. The summed E-state index contributed by atoms with van der Waals surface area (Å²) in [5.74, 6) is 1.91. The molecule has 0 bridgehead atoms. The van der Waals surface area contributed by atoms with Gasteiger partial charge in [0.05, 0.1) is 0 Å². The molecule has 50 valence electrons. The Bertz CT molecular complexity index is 157. The molecule has 1 atom stereocenters. The molecule has 0 aliphatic carbocycles. The van der Waals surface area contributed by atoms with E-state index in [1.165, 1.54) is 0 Å². The van der Waals surface area contributed by atoms with Crippen LogP contribution in [-0.4, -0.2) is 10.2 Å². The Morgan fingerprint density at radius 1 is 2.00 bits per heavy atom. The lowest BCUT2D eigenvalue weighted by Crippen LogP contribution is -2.34. The lowest BCUT2D eigenvalue weighted by atomic mass is 10.1. The van der Waals surface area contributed by atoms with Gasteiger partial charge in [0, 0.05) is 6.42 Å². The van der Waals surface area contributed by atoms with Crippen LogP contribution in [0.2, 0.25) is 0 Å². The molecule has 0 fully saturated rings. The molecule has 0 aliphatic rings. The van der Waals surface area contributed by atoms with E-state index in [0.29, 0.717) is 6.42 Å². The van der Waals surface area contributed by atoms with Crippen LogP contribution in [0.4, 0.5) is 0 Å². The third-order valence-electron chi connectivity index (χ3n) is 0.948. The van der Waals surface area contributed by atoms with Crippen LogP contribution in [0, 0.1) is 12.3 Å². The van der Waals surface area contributed by atoms with Gasteiger partial charge in [-0.15, -0.1) is 12.3 Å². The highest BCUT2D eigenvalue weighted by molar-refractivity contribution is 9.10. The Labute approximate surface area is 62.9 Å². The maximum absolute atomic E-state index is 10.5. The first-order valence-corrected chi connectivity index (χ1v) is 3.22. The van der Waals surface area contributed by atoms with Gasteiger partial charge in [-0.2, -0.15) is 0 Å². The van der Waals surface area contributed by atoms with Gasteiger partial charge in [-0.05, 0) is 6.92 Å². The third-order valence-corrected chi connectivity index (χ3v) is 1.62. The smallest absolute Gasteiger partial charge is 0.235 e. The summed E-state index contributed by atoms with van der Waals surface area (Å²) in [6, 6.07) is 0. The highest BCUT2D eigenvalue weighted by Gasteiger charge is 2.25. The van der Waals surface area contributed by atoms with Crippen LogP contribution < -0.4 is 5.73 Å². The summed E-state index contributed by atoms with van der Waals surface area (Å²) in [7, 11) is 0. The van der Waals surface area contributed by atoms with Gasteiger partial charge in [-0.3, -0.25) is 4.79 Å². The van der Waals surface area contributed by atoms with Crippen LogP contribution in [0.1, 0.15) is 13.3 Å². The van der Waals surface area contributed by atoms with E-state index in [2.05, 4.69) is 21.9 Å². The summed E-state index contributed by atoms with van der Waals surface area (Å²) >= 11 is 3.09. The van der Waals surface area contributed by atoms with Gasteiger partial charge in [0.15, 0.2) is 0 Å². The van der Waals surface area contributed by atoms with Gasteiger partial charge >= 0.3 is 0 Å². The van der Waals surface area contributed by atoms with E-state index >= 15 is 0 Å². The molecular weight excluding hydrogens is 182 g/mol. The summed E-state index contributed by atoms with van der Waals surface area (Å²) in [5.41, 5.74) is 4.97. The van der Waals surface area contributed by atoms with Gasteiger partial charge in [0.1, 0.15) is 4.32 Å². The Hall–Kier alpha value is -0.490. The number of terminal acetylenes is 1. The molecular formula is C6H8BrNO. The van der Waals surface area contributed by atoms with Crippen molar-refractivity contribution in [1.82, 2.24) is 0 Å². The topological polar surface area (TPSA) is 43.1 Å². The predicted molar refractivity (Wildman–Crippen MR) is 40.0 cm³/mol. The van der Waals surface area contributed by atoms with Gasteiger partial charge in [-0.1, -0.05) is 15.9 Å². The van der Waals surface area contributed by atoms with Crippen molar-refractivity contribution in [3.05, 3.63) is 0 Å². The van der Waals surface area contributed by atoms with Crippen LogP contribution in [0.5, 0.6) is 0 Å². The van der Waals surface area contributed by atoms with E-state index < -0.39 is 10.2 Å². The normalized spacial score (nSPS) is 15.7. The first-order chi connectivity index (χ1) is 4.00. The molecule has 0 aromatic carbocycles. The second-order valence-corrected chi connectivity index (χ2v) is 3.69.